The van der Waals surface area contributed by atoms with Crippen molar-refractivity contribution in [1.29, 1.82) is 5.41 Å². The maximum Gasteiger partial charge on any atom is 0.0265 e. The minimum atomic E-state index is 0.0121. The van der Waals surface area contributed by atoms with Gasteiger partial charge in [0.25, 0.3) is 0 Å². The van der Waals surface area contributed by atoms with Crippen LogP contribution in [0, 0.1) is 10.8 Å². The average Bonchev–Trinajstić information content (AvgIpc) is 2.05. The van der Waals surface area contributed by atoms with Gasteiger partial charge in [0, 0.05) is 17.0 Å². The Balaban J connectivity index is 2.24. The van der Waals surface area contributed by atoms with Crippen molar-refractivity contribution >= 4 is 5.71 Å². The summed E-state index contributed by atoms with van der Waals surface area (Å²) in [6, 6.07) is 8.47. The highest BCUT2D eigenvalue weighted by Crippen LogP contribution is 2.39. The minimum Gasteiger partial charge on any atom is -0.308 e. The molecule has 2 rings (SSSR count). The van der Waals surface area contributed by atoms with Gasteiger partial charge in [0.15, 0.2) is 0 Å². The molecule has 0 unspecified atom stereocenters. The van der Waals surface area contributed by atoms with Gasteiger partial charge in [-0.25, -0.2) is 0 Å². The van der Waals surface area contributed by atoms with Gasteiger partial charge in [-0.2, -0.15) is 0 Å². The normalized spacial score (nSPS) is 19.8. The molecule has 0 aromatic heterocycles. The lowest BCUT2D eigenvalue weighted by Gasteiger charge is -2.35. The van der Waals surface area contributed by atoms with Crippen LogP contribution in [0.5, 0.6) is 0 Å². The highest BCUT2D eigenvalue weighted by Gasteiger charge is 2.34. The van der Waals surface area contributed by atoms with Crippen molar-refractivity contribution in [3.8, 4) is 0 Å². The highest BCUT2D eigenvalue weighted by atomic mass is 14.5. The summed E-state index contributed by atoms with van der Waals surface area (Å²) in [5.74, 6) is 0.381. The zero-order valence-corrected chi connectivity index (χ0v) is 9.09. The maximum absolute atomic E-state index is 8.13. The number of benzene rings is 1. The summed E-state index contributed by atoms with van der Waals surface area (Å²) in [4.78, 5) is 0. The van der Waals surface area contributed by atoms with Crippen LogP contribution in [-0.4, -0.2) is 5.71 Å². The van der Waals surface area contributed by atoms with Crippen LogP contribution in [0.1, 0.15) is 37.8 Å². The summed E-state index contributed by atoms with van der Waals surface area (Å²) in [5, 5.41) is 8.13. The highest BCUT2D eigenvalue weighted by molar-refractivity contribution is 5.94. The van der Waals surface area contributed by atoms with Gasteiger partial charge in [-0.3, -0.25) is 0 Å². The van der Waals surface area contributed by atoms with E-state index in [1.165, 1.54) is 11.1 Å². The van der Waals surface area contributed by atoms with Crippen LogP contribution in [0.4, 0.5) is 0 Å². The van der Waals surface area contributed by atoms with Crippen LogP contribution in [0.15, 0.2) is 24.3 Å². The number of fused-ring (bicyclic) bond motifs is 1. The molecule has 0 heterocycles. The molecule has 0 aliphatic heterocycles. The van der Waals surface area contributed by atoms with Crippen molar-refractivity contribution in [2.45, 2.75) is 33.1 Å². The van der Waals surface area contributed by atoms with Crippen LogP contribution < -0.4 is 0 Å². The van der Waals surface area contributed by atoms with Crippen molar-refractivity contribution in [3.05, 3.63) is 35.4 Å². The van der Waals surface area contributed by atoms with Crippen molar-refractivity contribution < 1.29 is 0 Å². The van der Waals surface area contributed by atoms with E-state index < -0.39 is 0 Å². The number of hydrogen-bond donors (Lipinski definition) is 1. The number of hydrogen-bond acceptors (Lipinski definition) is 1. The Morgan fingerprint density at radius 3 is 2.50 bits per heavy atom. The van der Waals surface area contributed by atoms with Crippen molar-refractivity contribution in [2.75, 3.05) is 0 Å². The fraction of sp³-hybridized carbons (Fsp3) is 0.462. The summed E-state index contributed by atoms with van der Waals surface area (Å²) in [7, 11) is 0. The molecule has 1 nitrogen and oxygen atoms in total. The van der Waals surface area contributed by atoms with E-state index in [0.29, 0.717) is 5.92 Å². The van der Waals surface area contributed by atoms with Gasteiger partial charge in [0.05, 0.1) is 0 Å². The molecule has 1 aliphatic rings. The largest absolute Gasteiger partial charge is 0.308 e. The Kier molecular flexibility index (Phi) is 1.99. The quantitative estimate of drug-likeness (QED) is 0.652. The van der Waals surface area contributed by atoms with Gasteiger partial charge in [-0.1, -0.05) is 45.0 Å². The molecule has 74 valence electrons. The third kappa shape index (κ3) is 1.37. The molecule has 14 heavy (non-hydrogen) atoms. The second-order valence-electron chi connectivity index (χ2n) is 5.12. The van der Waals surface area contributed by atoms with E-state index in [9.17, 15) is 0 Å². The van der Waals surface area contributed by atoms with Crippen molar-refractivity contribution in [2.24, 2.45) is 5.41 Å². The molecule has 1 aliphatic carbocycles. The van der Waals surface area contributed by atoms with E-state index in [1.54, 1.807) is 0 Å². The molecule has 0 amide bonds. The third-order valence-electron chi connectivity index (χ3n) is 3.01. The molecule has 1 aromatic carbocycles. The second-order valence-corrected chi connectivity index (χ2v) is 5.12. The molecule has 1 atom stereocenters. The van der Waals surface area contributed by atoms with Gasteiger partial charge >= 0.3 is 0 Å². The lowest BCUT2D eigenvalue weighted by atomic mass is 9.69. The topological polar surface area (TPSA) is 23.9 Å². The third-order valence-corrected chi connectivity index (χ3v) is 3.01. The SMILES string of the molecule is CC(C)(C)C(=N)[C@H]1Cc2ccccc21. The zero-order valence-electron chi connectivity index (χ0n) is 9.09. The lowest BCUT2D eigenvalue weighted by molar-refractivity contribution is 0.546. The summed E-state index contributed by atoms with van der Waals surface area (Å²) < 4.78 is 0. The van der Waals surface area contributed by atoms with Gasteiger partial charge in [-0.15, -0.1) is 0 Å². The first-order valence-corrected chi connectivity index (χ1v) is 5.17. The van der Waals surface area contributed by atoms with E-state index in [4.69, 9.17) is 5.41 Å². The number of nitrogens with one attached hydrogen (secondary N) is 1. The molecule has 0 radical (unpaired) electrons. The molecule has 1 N–H and O–H groups in total. The van der Waals surface area contributed by atoms with E-state index in [0.717, 1.165) is 12.1 Å². The monoisotopic (exact) mass is 187 g/mol. The Morgan fingerprint density at radius 2 is 1.93 bits per heavy atom. The average molecular weight is 187 g/mol. The molecule has 1 heteroatoms. The van der Waals surface area contributed by atoms with Crippen LogP contribution in [-0.2, 0) is 6.42 Å². The summed E-state index contributed by atoms with van der Waals surface area (Å²) in [5.41, 5.74) is 3.67. The van der Waals surface area contributed by atoms with Crippen molar-refractivity contribution in [1.82, 2.24) is 0 Å². The van der Waals surface area contributed by atoms with Gasteiger partial charge in [0.1, 0.15) is 0 Å². The molecule has 0 spiro atoms. The molecular formula is C13H17N. The smallest absolute Gasteiger partial charge is 0.0265 e. The molecular weight excluding hydrogens is 170 g/mol. The fourth-order valence-electron chi connectivity index (χ4n) is 2.04. The van der Waals surface area contributed by atoms with Crippen LogP contribution in [0.3, 0.4) is 0 Å². The molecule has 0 saturated heterocycles. The predicted octanol–water partition coefficient (Wildman–Crippen LogP) is 3.39. The molecule has 0 bridgehead atoms. The van der Waals surface area contributed by atoms with E-state index in [-0.39, 0.29) is 5.41 Å². The van der Waals surface area contributed by atoms with Crippen molar-refractivity contribution in [3.63, 3.8) is 0 Å². The predicted molar refractivity (Wildman–Crippen MR) is 60.1 cm³/mol. The summed E-state index contributed by atoms with van der Waals surface area (Å²) >= 11 is 0. The summed E-state index contributed by atoms with van der Waals surface area (Å²) in [6.45, 7) is 6.36. The van der Waals surface area contributed by atoms with E-state index in [1.807, 2.05) is 0 Å². The Bertz CT molecular complexity index is 371. The van der Waals surface area contributed by atoms with Gasteiger partial charge in [0.2, 0.25) is 0 Å². The minimum absolute atomic E-state index is 0.0121. The van der Waals surface area contributed by atoms with Crippen LogP contribution in [0.2, 0.25) is 0 Å². The first kappa shape index (κ1) is 9.45. The lowest BCUT2D eigenvalue weighted by Crippen LogP contribution is -2.33. The van der Waals surface area contributed by atoms with E-state index in [2.05, 4.69) is 45.0 Å². The van der Waals surface area contributed by atoms with Crippen LogP contribution in [0.25, 0.3) is 0 Å². The standard InChI is InChI=1S/C13H17N/c1-13(2,3)12(14)11-8-9-6-4-5-7-10(9)11/h4-7,11,14H,8H2,1-3H3/t11-/m0/s1. The molecule has 1 aromatic rings. The van der Waals surface area contributed by atoms with Gasteiger partial charge < -0.3 is 5.41 Å². The van der Waals surface area contributed by atoms with E-state index >= 15 is 0 Å². The fourth-order valence-corrected chi connectivity index (χ4v) is 2.04. The van der Waals surface area contributed by atoms with Crippen LogP contribution >= 0.6 is 0 Å². The Labute approximate surface area is 85.7 Å². The first-order valence-electron chi connectivity index (χ1n) is 5.17. The maximum atomic E-state index is 8.13. The summed E-state index contributed by atoms with van der Waals surface area (Å²) in [6.07, 6.45) is 1.06. The number of rotatable bonds is 1. The van der Waals surface area contributed by atoms with Gasteiger partial charge in [-0.05, 0) is 17.5 Å². The first-order chi connectivity index (χ1) is 6.50. The Morgan fingerprint density at radius 1 is 1.29 bits per heavy atom. The molecule has 0 saturated carbocycles. The molecule has 0 fully saturated rings. The second kappa shape index (κ2) is 2.94. The Hall–Kier alpha value is -1.11. The zero-order chi connectivity index (χ0) is 10.3.